The van der Waals surface area contributed by atoms with Gasteiger partial charge in [-0.3, -0.25) is 0 Å². The number of carboxylic acid groups (broad SMARTS) is 1. The van der Waals surface area contributed by atoms with Crippen LogP contribution in [0.5, 0.6) is 5.75 Å². The average Bonchev–Trinajstić information content (AvgIpc) is 2.28. The zero-order chi connectivity index (χ0) is 12.7. The molecule has 1 aromatic rings. The number of rotatable bonds is 5. The summed E-state index contributed by atoms with van der Waals surface area (Å²) in [6.07, 6.45) is 8.00. The Morgan fingerprint density at radius 3 is 3.00 bits per heavy atom. The number of terminal acetylenes is 1. The van der Waals surface area contributed by atoms with Gasteiger partial charge in [0, 0.05) is 18.1 Å². The molecule has 0 aliphatic heterocycles. The third kappa shape index (κ3) is 4.21. The Balaban J connectivity index is 2.92. The molecular formula is C13H11ClO3. The van der Waals surface area contributed by atoms with Crippen molar-refractivity contribution in [1.82, 2.24) is 0 Å². The zero-order valence-corrected chi connectivity index (χ0v) is 9.78. The van der Waals surface area contributed by atoms with Gasteiger partial charge in [-0.15, -0.1) is 12.3 Å². The van der Waals surface area contributed by atoms with Crippen molar-refractivity contribution in [3.05, 3.63) is 34.9 Å². The first-order valence-corrected chi connectivity index (χ1v) is 5.28. The van der Waals surface area contributed by atoms with Crippen molar-refractivity contribution >= 4 is 23.6 Å². The Bertz CT molecular complexity index is 472. The Hall–Kier alpha value is -1.92. The van der Waals surface area contributed by atoms with Crippen molar-refractivity contribution in [2.24, 2.45) is 0 Å². The molecule has 0 saturated carbocycles. The minimum atomic E-state index is -1.04. The fraction of sp³-hybridized carbons (Fsp3) is 0.154. The van der Waals surface area contributed by atoms with E-state index in [2.05, 4.69) is 5.92 Å². The molecule has 0 unspecified atom stereocenters. The van der Waals surface area contributed by atoms with Crippen LogP contribution in [-0.4, -0.2) is 17.7 Å². The van der Waals surface area contributed by atoms with Crippen LogP contribution < -0.4 is 4.74 Å². The summed E-state index contributed by atoms with van der Waals surface area (Å²) in [5.41, 5.74) is 0.536. The highest BCUT2D eigenvalue weighted by atomic mass is 35.5. The predicted octanol–water partition coefficient (Wildman–Crippen LogP) is 2.84. The average molecular weight is 251 g/mol. The highest BCUT2D eigenvalue weighted by molar-refractivity contribution is 6.32. The molecule has 0 bridgehead atoms. The van der Waals surface area contributed by atoms with E-state index in [1.807, 2.05) is 0 Å². The fourth-order valence-corrected chi connectivity index (χ4v) is 1.41. The van der Waals surface area contributed by atoms with Crippen LogP contribution in [0, 0.1) is 12.3 Å². The molecule has 88 valence electrons. The number of hydrogen-bond donors (Lipinski definition) is 1. The van der Waals surface area contributed by atoms with E-state index in [-0.39, 0.29) is 0 Å². The summed E-state index contributed by atoms with van der Waals surface area (Å²) in [7, 11) is 0. The van der Waals surface area contributed by atoms with Gasteiger partial charge >= 0.3 is 5.97 Å². The Morgan fingerprint density at radius 2 is 2.35 bits per heavy atom. The van der Waals surface area contributed by atoms with Gasteiger partial charge in [-0.05, 0) is 18.2 Å². The Labute approximate surface area is 105 Å². The van der Waals surface area contributed by atoms with Crippen molar-refractivity contribution in [3.63, 3.8) is 0 Å². The van der Waals surface area contributed by atoms with Crippen LogP contribution in [0.15, 0.2) is 24.3 Å². The highest BCUT2D eigenvalue weighted by Gasteiger charge is 2.05. The summed E-state index contributed by atoms with van der Waals surface area (Å²) < 4.78 is 5.42. The van der Waals surface area contributed by atoms with Crippen molar-refractivity contribution in [3.8, 4) is 18.1 Å². The summed E-state index contributed by atoms with van der Waals surface area (Å²) in [6.45, 7) is 0.366. The molecule has 0 aromatic heterocycles. The summed E-state index contributed by atoms with van der Waals surface area (Å²) in [4.78, 5) is 10.5. The molecule has 0 heterocycles. The van der Waals surface area contributed by atoms with E-state index in [1.54, 1.807) is 18.2 Å². The lowest BCUT2D eigenvalue weighted by Gasteiger charge is -2.08. The number of benzene rings is 1. The number of aliphatic carboxylic acids is 1. The predicted molar refractivity (Wildman–Crippen MR) is 67.1 cm³/mol. The molecular weight excluding hydrogens is 240 g/mol. The molecule has 1 N–H and O–H groups in total. The van der Waals surface area contributed by atoms with E-state index < -0.39 is 5.97 Å². The molecule has 1 rings (SSSR count). The lowest BCUT2D eigenvalue weighted by Crippen LogP contribution is -1.98. The van der Waals surface area contributed by atoms with Gasteiger partial charge < -0.3 is 9.84 Å². The van der Waals surface area contributed by atoms with E-state index in [0.717, 1.165) is 6.08 Å². The summed E-state index contributed by atoms with van der Waals surface area (Å²) in [5.74, 6) is 1.93. The number of halogens is 1. The van der Waals surface area contributed by atoms with Gasteiger partial charge in [0.2, 0.25) is 0 Å². The van der Waals surface area contributed by atoms with Crippen LogP contribution in [0.2, 0.25) is 5.02 Å². The molecule has 0 saturated heterocycles. The number of carboxylic acids is 1. The molecule has 3 nitrogen and oxygen atoms in total. The molecule has 0 atom stereocenters. The molecule has 17 heavy (non-hydrogen) atoms. The van der Waals surface area contributed by atoms with Crippen molar-refractivity contribution < 1.29 is 14.6 Å². The first kappa shape index (κ1) is 13.1. The standard InChI is InChI=1S/C13H11ClO3/c1-2-3-9-17-12-6-4-5-11(14)10(12)7-8-13(15)16/h1,4-8H,3,9H2,(H,15,16)/b8-7+. The molecule has 0 fully saturated rings. The van der Waals surface area contributed by atoms with Crippen LogP contribution in [0.3, 0.4) is 0 Å². The van der Waals surface area contributed by atoms with Crippen LogP contribution in [-0.2, 0) is 4.79 Å². The minimum absolute atomic E-state index is 0.366. The summed E-state index contributed by atoms with van der Waals surface area (Å²) in [6, 6.07) is 5.10. The third-order valence-corrected chi connectivity index (χ3v) is 2.24. The molecule has 0 spiro atoms. The lowest BCUT2D eigenvalue weighted by atomic mass is 10.2. The van der Waals surface area contributed by atoms with Gasteiger partial charge in [-0.1, -0.05) is 17.7 Å². The Kier molecular flexibility index (Phi) is 5.12. The van der Waals surface area contributed by atoms with E-state index in [0.29, 0.717) is 29.4 Å². The smallest absolute Gasteiger partial charge is 0.328 e. The largest absolute Gasteiger partial charge is 0.492 e. The van der Waals surface area contributed by atoms with E-state index >= 15 is 0 Å². The first-order valence-electron chi connectivity index (χ1n) is 4.91. The van der Waals surface area contributed by atoms with E-state index in [9.17, 15) is 4.79 Å². The zero-order valence-electron chi connectivity index (χ0n) is 9.02. The quantitative estimate of drug-likeness (QED) is 0.497. The SMILES string of the molecule is C#CCCOc1cccc(Cl)c1/C=C/C(=O)O. The van der Waals surface area contributed by atoms with Crippen molar-refractivity contribution in [1.29, 1.82) is 0 Å². The molecule has 0 aliphatic carbocycles. The maximum atomic E-state index is 10.5. The summed E-state index contributed by atoms with van der Waals surface area (Å²) in [5, 5.41) is 9.00. The highest BCUT2D eigenvalue weighted by Crippen LogP contribution is 2.27. The number of hydrogen-bond acceptors (Lipinski definition) is 2. The van der Waals surface area contributed by atoms with Crippen molar-refractivity contribution in [2.45, 2.75) is 6.42 Å². The monoisotopic (exact) mass is 250 g/mol. The molecule has 4 heteroatoms. The molecule has 0 amide bonds. The van der Waals surface area contributed by atoms with Crippen molar-refractivity contribution in [2.75, 3.05) is 6.61 Å². The topological polar surface area (TPSA) is 46.5 Å². The van der Waals surface area contributed by atoms with Gasteiger partial charge in [0.15, 0.2) is 0 Å². The maximum absolute atomic E-state index is 10.5. The van der Waals surface area contributed by atoms with Crippen LogP contribution in [0.4, 0.5) is 0 Å². The van der Waals surface area contributed by atoms with Gasteiger partial charge in [0.1, 0.15) is 5.75 Å². The fourth-order valence-electron chi connectivity index (χ4n) is 1.18. The van der Waals surface area contributed by atoms with Gasteiger partial charge in [0.25, 0.3) is 0 Å². The molecule has 0 radical (unpaired) electrons. The lowest BCUT2D eigenvalue weighted by molar-refractivity contribution is -0.131. The first-order chi connectivity index (χ1) is 8.15. The minimum Gasteiger partial charge on any atom is -0.492 e. The number of carbonyl (C=O) groups is 1. The second kappa shape index (κ2) is 6.62. The maximum Gasteiger partial charge on any atom is 0.328 e. The van der Waals surface area contributed by atoms with Gasteiger partial charge in [-0.2, -0.15) is 0 Å². The van der Waals surface area contributed by atoms with E-state index in [4.69, 9.17) is 27.9 Å². The second-order valence-corrected chi connectivity index (χ2v) is 3.53. The normalized spacial score (nSPS) is 10.1. The number of ether oxygens (including phenoxy) is 1. The summed E-state index contributed by atoms with van der Waals surface area (Å²) >= 11 is 5.96. The van der Waals surface area contributed by atoms with Crippen LogP contribution >= 0.6 is 11.6 Å². The van der Waals surface area contributed by atoms with Crippen LogP contribution in [0.1, 0.15) is 12.0 Å². The Morgan fingerprint density at radius 1 is 1.59 bits per heavy atom. The van der Waals surface area contributed by atoms with Gasteiger partial charge in [-0.25, -0.2) is 4.79 Å². The second-order valence-electron chi connectivity index (χ2n) is 3.13. The van der Waals surface area contributed by atoms with Gasteiger partial charge in [0.05, 0.1) is 11.6 Å². The molecule has 0 aliphatic rings. The van der Waals surface area contributed by atoms with E-state index in [1.165, 1.54) is 6.08 Å². The molecule has 1 aromatic carbocycles. The third-order valence-electron chi connectivity index (χ3n) is 1.91. The van der Waals surface area contributed by atoms with Crippen LogP contribution in [0.25, 0.3) is 6.08 Å².